The van der Waals surface area contributed by atoms with E-state index in [-0.39, 0.29) is 5.82 Å². The minimum absolute atomic E-state index is 0.170. The van der Waals surface area contributed by atoms with E-state index in [2.05, 4.69) is 11.8 Å². The van der Waals surface area contributed by atoms with Gasteiger partial charge in [-0.3, -0.25) is 4.90 Å². The van der Waals surface area contributed by atoms with Crippen LogP contribution in [0.3, 0.4) is 0 Å². The van der Waals surface area contributed by atoms with Crippen molar-refractivity contribution in [1.29, 1.82) is 0 Å². The summed E-state index contributed by atoms with van der Waals surface area (Å²) >= 11 is 4.96. The predicted molar refractivity (Wildman–Crippen MR) is 80.6 cm³/mol. The molecule has 1 aromatic rings. The first-order valence-electron chi connectivity index (χ1n) is 6.94. The van der Waals surface area contributed by atoms with Crippen molar-refractivity contribution in [3.8, 4) is 0 Å². The summed E-state index contributed by atoms with van der Waals surface area (Å²) in [6.07, 6.45) is 5.03. The van der Waals surface area contributed by atoms with Gasteiger partial charge in [0, 0.05) is 23.7 Å². The van der Waals surface area contributed by atoms with Crippen LogP contribution in [0.1, 0.15) is 43.7 Å². The number of rotatable bonds is 5. The second-order valence-corrected chi connectivity index (χ2v) is 5.61. The van der Waals surface area contributed by atoms with E-state index >= 15 is 0 Å². The van der Waals surface area contributed by atoms with Gasteiger partial charge in [-0.2, -0.15) is 0 Å². The van der Waals surface area contributed by atoms with Crippen molar-refractivity contribution >= 4 is 17.2 Å². The molecule has 4 heteroatoms. The highest BCUT2D eigenvalue weighted by Gasteiger charge is 2.22. The molecule has 104 valence electrons. The van der Waals surface area contributed by atoms with Crippen LogP contribution in [-0.4, -0.2) is 22.5 Å². The molecule has 19 heavy (non-hydrogen) atoms. The fraction of sp³-hybridized carbons (Fsp3) is 0.533. The number of hydrogen-bond acceptors (Lipinski definition) is 2. The van der Waals surface area contributed by atoms with Crippen LogP contribution in [-0.2, 0) is 6.54 Å². The molecular formula is C15H21FN2S. The molecule has 2 rings (SSSR count). The number of hydrogen-bond donors (Lipinski definition) is 1. The third kappa shape index (κ3) is 3.51. The molecule has 1 fully saturated rings. The highest BCUT2D eigenvalue weighted by Crippen LogP contribution is 2.25. The summed E-state index contributed by atoms with van der Waals surface area (Å²) in [6, 6.07) is 5.49. The van der Waals surface area contributed by atoms with Crippen LogP contribution in [0.2, 0.25) is 0 Å². The van der Waals surface area contributed by atoms with Gasteiger partial charge < -0.3 is 5.73 Å². The lowest BCUT2D eigenvalue weighted by molar-refractivity contribution is 0.198. The molecule has 0 atom stereocenters. The van der Waals surface area contributed by atoms with Gasteiger partial charge in [0.1, 0.15) is 10.8 Å². The van der Waals surface area contributed by atoms with Gasteiger partial charge in [0.2, 0.25) is 0 Å². The third-order valence-electron chi connectivity index (χ3n) is 3.95. The van der Waals surface area contributed by atoms with Crippen molar-refractivity contribution in [3.05, 3.63) is 35.1 Å². The topological polar surface area (TPSA) is 29.3 Å². The van der Waals surface area contributed by atoms with Crippen molar-refractivity contribution < 1.29 is 4.39 Å². The Hall–Kier alpha value is -1.00. The first kappa shape index (κ1) is 14.4. The first-order valence-corrected chi connectivity index (χ1v) is 7.35. The molecule has 0 heterocycles. The standard InChI is InChI=1S/C15H21FN2S/c1-2-18(13-5-3-4-6-13)10-12-9-11(15(17)19)7-8-14(12)16/h7-9,13H,2-6,10H2,1H3,(H2,17,19). The van der Waals surface area contributed by atoms with Gasteiger partial charge >= 0.3 is 0 Å². The minimum atomic E-state index is -0.170. The summed E-state index contributed by atoms with van der Waals surface area (Å²) in [7, 11) is 0. The average Bonchev–Trinajstić information content (AvgIpc) is 2.91. The summed E-state index contributed by atoms with van der Waals surface area (Å²) < 4.78 is 13.9. The quantitative estimate of drug-likeness (QED) is 0.840. The van der Waals surface area contributed by atoms with E-state index < -0.39 is 0 Å². The second-order valence-electron chi connectivity index (χ2n) is 5.17. The number of halogens is 1. The van der Waals surface area contributed by atoms with Crippen LogP contribution in [0, 0.1) is 5.82 Å². The molecule has 0 amide bonds. The van der Waals surface area contributed by atoms with Crippen LogP contribution in [0.4, 0.5) is 4.39 Å². The van der Waals surface area contributed by atoms with Crippen molar-refractivity contribution in [3.63, 3.8) is 0 Å². The summed E-state index contributed by atoms with van der Waals surface area (Å²) in [6.45, 7) is 3.72. The molecule has 0 saturated heterocycles. The lowest BCUT2D eigenvalue weighted by Gasteiger charge is -2.27. The fourth-order valence-electron chi connectivity index (χ4n) is 2.84. The smallest absolute Gasteiger partial charge is 0.127 e. The van der Waals surface area contributed by atoms with Crippen molar-refractivity contribution in [2.75, 3.05) is 6.54 Å². The monoisotopic (exact) mass is 280 g/mol. The SMILES string of the molecule is CCN(Cc1cc(C(N)=S)ccc1F)C1CCCC1. The molecule has 1 saturated carbocycles. The van der Waals surface area contributed by atoms with Gasteiger partial charge in [0.05, 0.1) is 0 Å². The maximum absolute atomic E-state index is 13.9. The normalized spacial score (nSPS) is 16.2. The minimum Gasteiger partial charge on any atom is -0.389 e. The Morgan fingerprint density at radius 1 is 1.42 bits per heavy atom. The van der Waals surface area contributed by atoms with Crippen LogP contribution in [0.25, 0.3) is 0 Å². The maximum atomic E-state index is 13.9. The Kier molecular flexibility index (Phi) is 4.88. The van der Waals surface area contributed by atoms with Gasteiger partial charge in [0.15, 0.2) is 0 Å². The van der Waals surface area contributed by atoms with Crippen LogP contribution in [0.5, 0.6) is 0 Å². The largest absolute Gasteiger partial charge is 0.389 e. The number of benzene rings is 1. The fourth-order valence-corrected chi connectivity index (χ4v) is 2.96. The van der Waals surface area contributed by atoms with E-state index in [0.29, 0.717) is 23.1 Å². The molecule has 2 nitrogen and oxygen atoms in total. The van der Waals surface area contributed by atoms with Gasteiger partial charge in [0.25, 0.3) is 0 Å². The molecule has 2 N–H and O–H groups in total. The molecule has 1 aromatic carbocycles. The molecular weight excluding hydrogens is 259 g/mol. The van der Waals surface area contributed by atoms with Crippen molar-refractivity contribution in [2.24, 2.45) is 5.73 Å². The molecule has 0 spiro atoms. The lowest BCUT2D eigenvalue weighted by Crippen LogP contribution is -2.32. The Morgan fingerprint density at radius 3 is 2.68 bits per heavy atom. The van der Waals surface area contributed by atoms with E-state index in [1.54, 1.807) is 12.1 Å². The third-order valence-corrected chi connectivity index (χ3v) is 4.19. The van der Waals surface area contributed by atoms with Gasteiger partial charge in [-0.1, -0.05) is 32.0 Å². The van der Waals surface area contributed by atoms with Crippen LogP contribution >= 0.6 is 12.2 Å². The summed E-state index contributed by atoms with van der Waals surface area (Å²) in [4.78, 5) is 2.68. The summed E-state index contributed by atoms with van der Waals surface area (Å²) in [5.41, 5.74) is 7.05. The van der Waals surface area contributed by atoms with Crippen molar-refractivity contribution in [1.82, 2.24) is 4.90 Å². The van der Waals surface area contributed by atoms with E-state index in [9.17, 15) is 4.39 Å². The van der Waals surface area contributed by atoms with E-state index in [0.717, 1.165) is 12.1 Å². The van der Waals surface area contributed by atoms with Gasteiger partial charge in [-0.05, 0) is 37.6 Å². The van der Waals surface area contributed by atoms with Crippen molar-refractivity contribution in [2.45, 2.75) is 45.2 Å². The molecule has 0 radical (unpaired) electrons. The Balaban J connectivity index is 2.15. The number of nitrogens with zero attached hydrogens (tertiary/aromatic N) is 1. The molecule has 0 aromatic heterocycles. The predicted octanol–water partition coefficient (Wildman–Crippen LogP) is 3.22. The molecule has 0 unspecified atom stereocenters. The summed E-state index contributed by atoms with van der Waals surface area (Å²) in [5, 5.41) is 0. The molecule has 1 aliphatic rings. The first-order chi connectivity index (χ1) is 9.11. The Morgan fingerprint density at radius 2 is 2.11 bits per heavy atom. The van der Waals surface area contributed by atoms with E-state index in [4.69, 9.17) is 18.0 Å². The zero-order valence-corrected chi connectivity index (χ0v) is 12.2. The van der Waals surface area contributed by atoms with E-state index in [1.165, 1.54) is 31.7 Å². The maximum Gasteiger partial charge on any atom is 0.127 e. The average molecular weight is 280 g/mol. The number of thiocarbonyl (C=S) groups is 1. The Bertz CT molecular complexity index is 455. The highest BCUT2D eigenvalue weighted by atomic mass is 32.1. The summed E-state index contributed by atoms with van der Waals surface area (Å²) in [5.74, 6) is -0.170. The van der Waals surface area contributed by atoms with Crippen LogP contribution in [0.15, 0.2) is 18.2 Å². The molecule has 0 aliphatic heterocycles. The zero-order valence-electron chi connectivity index (χ0n) is 11.4. The Labute approximate surface area is 119 Å². The zero-order chi connectivity index (χ0) is 13.8. The molecule has 0 bridgehead atoms. The van der Waals surface area contributed by atoms with Gasteiger partial charge in [-0.15, -0.1) is 0 Å². The number of nitrogens with two attached hydrogens (primary N) is 1. The second kappa shape index (κ2) is 6.44. The highest BCUT2D eigenvalue weighted by molar-refractivity contribution is 7.80. The van der Waals surface area contributed by atoms with E-state index in [1.807, 2.05) is 0 Å². The lowest BCUT2D eigenvalue weighted by atomic mass is 10.1. The molecule has 1 aliphatic carbocycles. The van der Waals surface area contributed by atoms with Crippen LogP contribution < -0.4 is 5.73 Å². The van der Waals surface area contributed by atoms with Gasteiger partial charge in [-0.25, -0.2) is 4.39 Å².